The van der Waals surface area contributed by atoms with Crippen molar-refractivity contribution in [1.29, 1.82) is 0 Å². The normalized spacial score (nSPS) is 14.9. The Hall–Kier alpha value is -0.930. The fourth-order valence-electron chi connectivity index (χ4n) is 1.76. The molecule has 2 atom stereocenters. The van der Waals surface area contributed by atoms with Gasteiger partial charge in [0.15, 0.2) is 0 Å². The van der Waals surface area contributed by atoms with Gasteiger partial charge in [-0.2, -0.15) is 0 Å². The van der Waals surface area contributed by atoms with E-state index in [0.717, 1.165) is 18.5 Å². The second kappa shape index (κ2) is 6.53. The zero-order valence-electron chi connectivity index (χ0n) is 9.26. The topological polar surface area (TPSA) is 59.1 Å². The van der Waals surface area contributed by atoms with E-state index in [1.165, 1.54) is 0 Å². The van der Waals surface area contributed by atoms with Crippen LogP contribution in [0.3, 0.4) is 0 Å². The molecule has 0 saturated heterocycles. The average Bonchev–Trinajstić information content (AvgIpc) is 2.32. The second-order valence-corrected chi connectivity index (χ2v) is 3.88. The van der Waals surface area contributed by atoms with Crippen LogP contribution in [0.5, 0.6) is 0 Å². The zero-order valence-corrected chi connectivity index (χ0v) is 9.26. The van der Waals surface area contributed by atoms with E-state index < -0.39 is 0 Å². The first-order valence-corrected chi connectivity index (χ1v) is 5.53. The molecule has 2 unspecified atom stereocenters. The Bertz CT molecular complexity index is 260. The van der Waals surface area contributed by atoms with Gasteiger partial charge in [-0.25, -0.2) is 0 Å². The number of aliphatic hydroxyl groups excluding tert-OH is 1. The maximum absolute atomic E-state index is 9.12. The predicted octanol–water partition coefficient (Wildman–Crippen LogP) is 1.53. The summed E-state index contributed by atoms with van der Waals surface area (Å²) in [4.78, 5) is 4.35. The van der Waals surface area contributed by atoms with E-state index in [9.17, 15) is 0 Å². The predicted molar refractivity (Wildman–Crippen MR) is 61.5 cm³/mol. The molecular weight excluding hydrogens is 188 g/mol. The molecule has 0 bridgehead atoms. The molecule has 0 aliphatic heterocycles. The van der Waals surface area contributed by atoms with Crippen LogP contribution in [-0.2, 0) is 0 Å². The van der Waals surface area contributed by atoms with E-state index in [-0.39, 0.29) is 12.5 Å². The number of aliphatic hydroxyl groups is 1. The molecule has 0 aromatic carbocycles. The van der Waals surface area contributed by atoms with Crippen LogP contribution >= 0.6 is 0 Å². The van der Waals surface area contributed by atoms with Crippen molar-refractivity contribution in [3.8, 4) is 0 Å². The molecule has 0 spiro atoms. The lowest BCUT2D eigenvalue weighted by Crippen LogP contribution is -2.21. The molecule has 0 amide bonds. The van der Waals surface area contributed by atoms with Gasteiger partial charge in [-0.3, -0.25) is 4.98 Å². The molecule has 0 fully saturated rings. The van der Waals surface area contributed by atoms with Crippen molar-refractivity contribution in [1.82, 2.24) is 4.98 Å². The largest absolute Gasteiger partial charge is 0.396 e. The summed E-state index contributed by atoms with van der Waals surface area (Å²) in [5.74, 6) is 0.601. The summed E-state index contributed by atoms with van der Waals surface area (Å²) >= 11 is 0. The molecule has 0 aliphatic carbocycles. The van der Waals surface area contributed by atoms with Gasteiger partial charge in [-0.15, -0.1) is 0 Å². The summed E-state index contributed by atoms with van der Waals surface area (Å²) in [5.41, 5.74) is 6.69. The first-order valence-electron chi connectivity index (χ1n) is 5.53. The van der Waals surface area contributed by atoms with Crippen LogP contribution in [0.15, 0.2) is 24.4 Å². The van der Waals surface area contributed by atoms with E-state index in [4.69, 9.17) is 10.8 Å². The molecule has 15 heavy (non-hydrogen) atoms. The van der Waals surface area contributed by atoms with E-state index in [0.29, 0.717) is 12.5 Å². The number of rotatable bonds is 6. The Kier molecular flexibility index (Phi) is 5.29. The van der Waals surface area contributed by atoms with Gasteiger partial charge >= 0.3 is 0 Å². The minimum absolute atomic E-state index is 0.167. The number of pyridine rings is 1. The van der Waals surface area contributed by atoms with E-state index in [2.05, 4.69) is 11.9 Å². The highest BCUT2D eigenvalue weighted by Crippen LogP contribution is 2.24. The highest BCUT2D eigenvalue weighted by Gasteiger charge is 2.15. The van der Waals surface area contributed by atoms with Crippen molar-refractivity contribution in [3.05, 3.63) is 30.1 Å². The van der Waals surface area contributed by atoms with Gasteiger partial charge in [-0.1, -0.05) is 13.0 Å². The average molecular weight is 208 g/mol. The molecule has 3 nitrogen and oxygen atoms in total. The van der Waals surface area contributed by atoms with Crippen LogP contribution in [0, 0.1) is 5.92 Å². The standard InChI is InChI=1S/C12H20N2O/c1-2-11(7-10(8-13)9-15)12-5-3-4-6-14-12/h3-6,10-11,15H,2,7-9,13H2,1H3. The fraction of sp³-hybridized carbons (Fsp3) is 0.583. The summed E-state index contributed by atoms with van der Waals surface area (Å²) in [6, 6.07) is 5.96. The fourth-order valence-corrected chi connectivity index (χ4v) is 1.76. The van der Waals surface area contributed by atoms with Gasteiger partial charge in [0.2, 0.25) is 0 Å². The van der Waals surface area contributed by atoms with Crippen molar-refractivity contribution in [2.24, 2.45) is 11.7 Å². The summed E-state index contributed by atoms with van der Waals surface area (Å²) < 4.78 is 0. The second-order valence-electron chi connectivity index (χ2n) is 3.88. The molecule has 0 saturated carbocycles. The van der Waals surface area contributed by atoms with Crippen molar-refractivity contribution < 1.29 is 5.11 Å². The summed E-state index contributed by atoms with van der Waals surface area (Å²) in [6.07, 6.45) is 3.77. The molecule has 1 rings (SSSR count). The number of aromatic nitrogens is 1. The van der Waals surface area contributed by atoms with Crippen molar-refractivity contribution in [2.75, 3.05) is 13.2 Å². The van der Waals surface area contributed by atoms with Crippen molar-refractivity contribution in [2.45, 2.75) is 25.7 Å². The lowest BCUT2D eigenvalue weighted by Gasteiger charge is -2.19. The van der Waals surface area contributed by atoms with E-state index in [1.807, 2.05) is 24.4 Å². The quantitative estimate of drug-likeness (QED) is 0.745. The Morgan fingerprint density at radius 3 is 2.73 bits per heavy atom. The van der Waals surface area contributed by atoms with Gasteiger partial charge in [-0.05, 0) is 37.4 Å². The molecular formula is C12H20N2O. The van der Waals surface area contributed by atoms with Gasteiger partial charge in [0.05, 0.1) is 0 Å². The molecule has 1 aromatic rings. The zero-order chi connectivity index (χ0) is 11.1. The van der Waals surface area contributed by atoms with Crippen molar-refractivity contribution in [3.63, 3.8) is 0 Å². The third kappa shape index (κ3) is 3.61. The monoisotopic (exact) mass is 208 g/mol. The molecule has 84 valence electrons. The minimum Gasteiger partial charge on any atom is -0.396 e. The maximum Gasteiger partial charge on any atom is 0.0471 e. The minimum atomic E-state index is 0.167. The number of hydrogen-bond donors (Lipinski definition) is 2. The Labute approximate surface area is 91.3 Å². The van der Waals surface area contributed by atoms with Crippen LogP contribution in [0.4, 0.5) is 0 Å². The lowest BCUT2D eigenvalue weighted by atomic mass is 9.90. The van der Waals surface area contributed by atoms with Crippen LogP contribution in [0.25, 0.3) is 0 Å². The molecule has 1 aromatic heterocycles. The smallest absolute Gasteiger partial charge is 0.0471 e. The third-order valence-corrected chi connectivity index (χ3v) is 2.81. The summed E-state index contributed by atoms with van der Waals surface area (Å²) in [6.45, 7) is 2.85. The van der Waals surface area contributed by atoms with E-state index >= 15 is 0 Å². The first-order chi connectivity index (χ1) is 7.31. The number of nitrogens with zero attached hydrogens (tertiary/aromatic N) is 1. The molecule has 3 heteroatoms. The highest BCUT2D eigenvalue weighted by molar-refractivity contribution is 5.09. The third-order valence-electron chi connectivity index (χ3n) is 2.81. The van der Waals surface area contributed by atoms with Crippen molar-refractivity contribution >= 4 is 0 Å². The highest BCUT2D eigenvalue weighted by atomic mass is 16.3. The Morgan fingerprint density at radius 1 is 1.47 bits per heavy atom. The Morgan fingerprint density at radius 2 is 2.27 bits per heavy atom. The SMILES string of the molecule is CCC(CC(CN)CO)c1ccccn1. The van der Waals surface area contributed by atoms with Crippen LogP contribution in [0.1, 0.15) is 31.4 Å². The van der Waals surface area contributed by atoms with Gasteiger partial charge in [0.1, 0.15) is 0 Å². The van der Waals surface area contributed by atoms with Crippen LogP contribution in [0.2, 0.25) is 0 Å². The Balaban J connectivity index is 2.64. The molecule has 1 heterocycles. The molecule has 0 radical (unpaired) electrons. The lowest BCUT2D eigenvalue weighted by molar-refractivity contribution is 0.214. The summed E-state index contributed by atoms with van der Waals surface area (Å²) in [7, 11) is 0. The van der Waals surface area contributed by atoms with Crippen LogP contribution < -0.4 is 5.73 Å². The van der Waals surface area contributed by atoms with Gasteiger partial charge in [0, 0.05) is 24.4 Å². The number of nitrogens with two attached hydrogens (primary N) is 1. The van der Waals surface area contributed by atoms with Crippen LogP contribution in [-0.4, -0.2) is 23.2 Å². The molecule has 0 aliphatic rings. The van der Waals surface area contributed by atoms with E-state index in [1.54, 1.807) is 0 Å². The first kappa shape index (κ1) is 12.1. The number of hydrogen-bond acceptors (Lipinski definition) is 3. The van der Waals surface area contributed by atoms with Gasteiger partial charge in [0.25, 0.3) is 0 Å². The molecule has 3 N–H and O–H groups in total. The maximum atomic E-state index is 9.12. The summed E-state index contributed by atoms with van der Waals surface area (Å²) in [5, 5.41) is 9.12. The van der Waals surface area contributed by atoms with Gasteiger partial charge < -0.3 is 10.8 Å².